The minimum Gasteiger partial charge on any atom is -0.494 e. The van der Waals surface area contributed by atoms with Gasteiger partial charge in [-0.2, -0.15) is 0 Å². The highest BCUT2D eigenvalue weighted by atomic mass is 32.2. The van der Waals surface area contributed by atoms with Gasteiger partial charge in [0.1, 0.15) is 34.3 Å². The van der Waals surface area contributed by atoms with Gasteiger partial charge in [-0.1, -0.05) is 6.07 Å². The standard InChI is InChI=1S/C22H23FN6O6S/c1-12-8-9-17(35-12)21-26-27-22(29(21)18-15(33-3)6-5-7-16(18)34-4)28-36(31,32)13(2)19(30)20-24-10-14(23)11-25-20/h5-11,13,19,30H,1-4H3,(H,27,28)/t13-,19-/m0/s1. The normalized spacial score (nSPS) is 13.3. The van der Waals surface area contributed by atoms with Crippen LogP contribution in [0.15, 0.2) is 47.1 Å². The quantitative estimate of drug-likeness (QED) is 0.338. The molecule has 190 valence electrons. The van der Waals surface area contributed by atoms with Gasteiger partial charge in [-0.25, -0.2) is 22.8 Å². The number of rotatable bonds is 9. The molecule has 0 radical (unpaired) electrons. The average molecular weight is 519 g/mol. The van der Waals surface area contributed by atoms with Crippen molar-refractivity contribution in [2.45, 2.75) is 25.2 Å². The summed E-state index contributed by atoms with van der Waals surface area (Å²) in [6.45, 7) is 3.00. The van der Waals surface area contributed by atoms with Gasteiger partial charge in [0.05, 0.1) is 26.6 Å². The molecule has 0 aliphatic carbocycles. The van der Waals surface area contributed by atoms with E-state index >= 15 is 0 Å². The highest BCUT2D eigenvalue weighted by Gasteiger charge is 2.34. The topological polar surface area (TPSA) is 154 Å². The maximum atomic E-state index is 13.3. The Balaban J connectivity index is 1.81. The van der Waals surface area contributed by atoms with Gasteiger partial charge in [-0.15, -0.1) is 10.2 Å². The summed E-state index contributed by atoms with van der Waals surface area (Å²) in [6.07, 6.45) is 0.00796. The summed E-state index contributed by atoms with van der Waals surface area (Å²) >= 11 is 0. The molecule has 0 spiro atoms. The minimum atomic E-state index is -4.31. The zero-order valence-corrected chi connectivity index (χ0v) is 20.5. The minimum absolute atomic E-state index is 0.165. The average Bonchev–Trinajstić information content (AvgIpc) is 3.48. The highest BCUT2D eigenvalue weighted by molar-refractivity contribution is 7.93. The lowest BCUT2D eigenvalue weighted by molar-refractivity contribution is 0.166. The second-order valence-electron chi connectivity index (χ2n) is 7.66. The van der Waals surface area contributed by atoms with Crippen LogP contribution in [-0.4, -0.2) is 57.7 Å². The number of aliphatic hydroxyl groups excluding tert-OH is 1. The van der Waals surface area contributed by atoms with Gasteiger partial charge in [0.15, 0.2) is 17.4 Å². The summed E-state index contributed by atoms with van der Waals surface area (Å²) in [5, 5.41) is 17.3. The molecule has 0 fully saturated rings. The molecule has 12 nitrogen and oxygen atoms in total. The summed E-state index contributed by atoms with van der Waals surface area (Å²) in [4.78, 5) is 7.34. The number of aromatic nitrogens is 5. The Labute approximate surface area is 205 Å². The number of methoxy groups -OCH3 is 2. The molecular formula is C22H23FN6O6S. The van der Waals surface area contributed by atoms with Gasteiger partial charge in [0.25, 0.3) is 0 Å². The molecule has 4 aromatic rings. The first-order chi connectivity index (χ1) is 17.2. The third kappa shape index (κ3) is 4.72. The second kappa shape index (κ2) is 9.91. The van der Waals surface area contributed by atoms with Crippen LogP contribution in [-0.2, 0) is 10.0 Å². The Morgan fingerprint density at radius 3 is 2.28 bits per heavy atom. The van der Waals surface area contributed by atoms with E-state index in [4.69, 9.17) is 13.9 Å². The summed E-state index contributed by atoms with van der Waals surface area (Å²) in [5.74, 6) is 0.558. The zero-order chi connectivity index (χ0) is 26.0. The fraction of sp³-hybridized carbons (Fsp3) is 0.273. The highest BCUT2D eigenvalue weighted by Crippen LogP contribution is 2.38. The first-order valence-corrected chi connectivity index (χ1v) is 12.1. The molecule has 1 aromatic carbocycles. The van der Waals surface area contributed by atoms with Crippen molar-refractivity contribution >= 4 is 16.0 Å². The van der Waals surface area contributed by atoms with Crippen LogP contribution < -0.4 is 14.2 Å². The molecule has 3 heterocycles. The van der Waals surface area contributed by atoms with Crippen LogP contribution in [0.1, 0.15) is 24.6 Å². The Morgan fingerprint density at radius 2 is 1.72 bits per heavy atom. The fourth-order valence-electron chi connectivity index (χ4n) is 3.40. The van der Waals surface area contributed by atoms with E-state index in [9.17, 15) is 17.9 Å². The van der Waals surface area contributed by atoms with Crippen molar-refractivity contribution in [3.8, 4) is 28.8 Å². The van der Waals surface area contributed by atoms with Crippen LogP contribution in [0.25, 0.3) is 17.3 Å². The number of nitrogens with zero attached hydrogens (tertiary/aromatic N) is 5. The van der Waals surface area contributed by atoms with E-state index in [0.717, 1.165) is 12.4 Å². The molecule has 2 N–H and O–H groups in total. The van der Waals surface area contributed by atoms with Gasteiger partial charge in [0.2, 0.25) is 21.8 Å². The number of aliphatic hydroxyl groups is 1. The van der Waals surface area contributed by atoms with Crippen LogP contribution >= 0.6 is 0 Å². The van der Waals surface area contributed by atoms with E-state index in [0.29, 0.717) is 28.7 Å². The monoisotopic (exact) mass is 518 g/mol. The van der Waals surface area contributed by atoms with Crippen LogP contribution in [0.5, 0.6) is 11.5 Å². The number of sulfonamides is 1. The van der Waals surface area contributed by atoms with Crippen molar-refractivity contribution in [2.24, 2.45) is 0 Å². The maximum absolute atomic E-state index is 13.3. The van der Waals surface area contributed by atoms with E-state index in [1.165, 1.54) is 25.7 Å². The van der Waals surface area contributed by atoms with Gasteiger partial charge in [0, 0.05) is 0 Å². The van der Waals surface area contributed by atoms with Crippen LogP contribution in [0.2, 0.25) is 0 Å². The number of para-hydroxylation sites is 1. The van der Waals surface area contributed by atoms with Crippen molar-refractivity contribution in [1.29, 1.82) is 0 Å². The Morgan fingerprint density at radius 1 is 1.08 bits per heavy atom. The third-order valence-electron chi connectivity index (χ3n) is 5.32. The number of halogens is 1. The number of ether oxygens (including phenoxy) is 2. The zero-order valence-electron chi connectivity index (χ0n) is 19.7. The lowest BCUT2D eigenvalue weighted by Gasteiger charge is -2.20. The van der Waals surface area contributed by atoms with Crippen molar-refractivity contribution in [2.75, 3.05) is 18.9 Å². The summed E-state index contributed by atoms with van der Waals surface area (Å²) in [5.41, 5.74) is 0.310. The molecule has 0 unspecified atom stereocenters. The molecule has 0 saturated carbocycles. The molecular weight excluding hydrogens is 495 g/mol. The Bertz CT molecular complexity index is 1450. The number of benzene rings is 1. The smallest absolute Gasteiger partial charge is 0.243 e. The predicted octanol–water partition coefficient (Wildman–Crippen LogP) is 2.65. The fourth-order valence-corrected chi connectivity index (χ4v) is 4.44. The van der Waals surface area contributed by atoms with Crippen molar-refractivity contribution < 1.29 is 31.8 Å². The molecule has 4 rings (SSSR count). The number of anilines is 1. The summed E-state index contributed by atoms with van der Waals surface area (Å²) in [6, 6.07) is 8.40. The van der Waals surface area contributed by atoms with E-state index in [2.05, 4.69) is 24.9 Å². The SMILES string of the molecule is COc1cccc(OC)c1-n1c(NS(=O)(=O)[C@@H](C)[C@H](O)c2ncc(F)cn2)nnc1-c1ccc(C)o1. The summed E-state index contributed by atoms with van der Waals surface area (Å²) in [7, 11) is -1.42. The number of furan rings is 1. The van der Waals surface area contributed by atoms with Gasteiger partial charge < -0.3 is 19.0 Å². The molecule has 36 heavy (non-hydrogen) atoms. The number of hydrogen-bond donors (Lipinski definition) is 2. The van der Waals surface area contributed by atoms with Gasteiger partial charge in [-0.3, -0.25) is 9.29 Å². The summed E-state index contributed by atoms with van der Waals surface area (Å²) < 4.78 is 60.1. The van der Waals surface area contributed by atoms with Crippen LogP contribution in [0, 0.1) is 12.7 Å². The van der Waals surface area contributed by atoms with Crippen molar-refractivity contribution in [3.05, 3.63) is 60.1 Å². The molecule has 0 amide bonds. The van der Waals surface area contributed by atoms with E-state index in [-0.39, 0.29) is 17.6 Å². The maximum Gasteiger partial charge on any atom is 0.243 e. The van der Waals surface area contributed by atoms with Gasteiger partial charge in [-0.05, 0) is 38.1 Å². The van der Waals surface area contributed by atoms with Crippen molar-refractivity contribution in [1.82, 2.24) is 24.7 Å². The molecule has 3 aromatic heterocycles. The van der Waals surface area contributed by atoms with Crippen LogP contribution in [0.4, 0.5) is 10.3 Å². The first kappa shape index (κ1) is 25.1. The third-order valence-corrected chi connectivity index (χ3v) is 7.03. The Hall–Kier alpha value is -4.04. The molecule has 2 atom stereocenters. The molecule has 0 aliphatic heterocycles. The van der Waals surface area contributed by atoms with Gasteiger partial charge >= 0.3 is 0 Å². The predicted molar refractivity (Wildman–Crippen MR) is 126 cm³/mol. The van der Waals surface area contributed by atoms with E-state index < -0.39 is 27.2 Å². The molecule has 0 aliphatic rings. The second-order valence-corrected chi connectivity index (χ2v) is 9.70. The lowest BCUT2D eigenvalue weighted by Crippen LogP contribution is -2.32. The first-order valence-electron chi connectivity index (χ1n) is 10.6. The molecule has 14 heteroatoms. The number of aryl methyl sites for hydroxylation is 1. The molecule has 0 bridgehead atoms. The Kier molecular flexibility index (Phi) is 6.90. The number of hydrogen-bond acceptors (Lipinski definition) is 10. The number of nitrogens with one attached hydrogen (secondary N) is 1. The van der Waals surface area contributed by atoms with E-state index in [1.807, 2.05) is 0 Å². The van der Waals surface area contributed by atoms with E-state index in [1.54, 1.807) is 37.3 Å². The van der Waals surface area contributed by atoms with Crippen molar-refractivity contribution in [3.63, 3.8) is 0 Å². The van der Waals surface area contributed by atoms with Crippen LogP contribution in [0.3, 0.4) is 0 Å². The molecule has 0 saturated heterocycles. The largest absolute Gasteiger partial charge is 0.494 e. The lowest BCUT2D eigenvalue weighted by atomic mass is 10.2.